The van der Waals surface area contributed by atoms with E-state index in [-0.39, 0.29) is 18.2 Å². The van der Waals surface area contributed by atoms with Crippen molar-refractivity contribution in [3.05, 3.63) is 47.1 Å². The molecule has 0 amide bonds. The molecule has 2 rings (SSSR count). The minimum Gasteiger partial charge on any atom is -0.482 e. The van der Waals surface area contributed by atoms with E-state index in [4.69, 9.17) is 9.26 Å². The Hall–Kier alpha value is -1.84. The average molecular weight is 221 g/mol. The van der Waals surface area contributed by atoms with Crippen molar-refractivity contribution >= 4 is 0 Å². The zero-order chi connectivity index (χ0) is 11.5. The average Bonchev–Trinajstić information content (AvgIpc) is 2.66. The van der Waals surface area contributed by atoms with E-state index >= 15 is 0 Å². The summed E-state index contributed by atoms with van der Waals surface area (Å²) in [6.45, 7) is 3.88. The Balaban J connectivity index is 2.07. The van der Waals surface area contributed by atoms with Crippen molar-refractivity contribution in [3.63, 3.8) is 0 Å². The number of nitrogens with zero attached hydrogens (tertiary/aromatic N) is 1. The molecule has 0 aliphatic heterocycles. The van der Waals surface area contributed by atoms with E-state index in [2.05, 4.69) is 5.16 Å². The first-order valence-electron chi connectivity index (χ1n) is 4.96. The predicted molar refractivity (Wildman–Crippen MR) is 56.7 cm³/mol. The smallest absolute Gasteiger partial charge is 0.174 e. The summed E-state index contributed by atoms with van der Waals surface area (Å²) in [5.41, 5.74) is 1.73. The highest BCUT2D eigenvalue weighted by atomic mass is 19.1. The maximum atomic E-state index is 13.3. The SMILES string of the molecule is Cc1ccc(F)c(OCc2cc(C)no2)c1. The van der Waals surface area contributed by atoms with Crippen molar-refractivity contribution in [2.75, 3.05) is 0 Å². The summed E-state index contributed by atoms with van der Waals surface area (Å²) in [6.07, 6.45) is 0. The molecule has 0 saturated heterocycles. The second kappa shape index (κ2) is 4.35. The van der Waals surface area contributed by atoms with Crippen LogP contribution in [0, 0.1) is 19.7 Å². The summed E-state index contributed by atoms with van der Waals surface area (Å²) >= 11 is 0. The third kappa shape index (κ3) is 2.39. The van der Waals surface area contributed by atoms with Crippen LogP contribution in [0.2, 0.25) is 0 Å². The first kappa shape index (κ1) is 10.7. The van der Waals surface area contributed by atoms with Gasteiger partial charge >= 0.3 is 0 Å². The highest BCUT2D eigenvalue weighted by Gasteiger charge is 2.06. The first-order valence-corrected chi connectivity index (χ1v) is 4.96. The molecule has 2 aromatic rings. The highest BCUT2D eigenvalue weighted by molar-refractivity contribution is 5.29. The van der Waals surface area contributed by atoms with Crippen LogP contribution in [0.4, 0.5) is 4.39 Å². The quantitative estimate of drug-likeness (QED) is 0.799. The molecule has 1 heterocycles. The van der Waals surface area contributed by atoms with Gasteiger partial charge in [-0.3, -0.25) is 0 Å². The fourth-order valence-electron chi connectivity index (χ4n) is 1.35. The Morgan fingerprint density at radius 1 is 1.31 bits per heavy atom. The molecule has 0 N–H and O–H groups in total. The van der Waals surface area contributed by atoms with E-state index in [1.165, 1.54) is 6.07 Å². The van der Waals surface area contributed by atoms with Crippen LogP contribution in [0.5, 0.6) is 5.75 Å². The molecule has 84 valence electrons. The Morgan fingerprint density at radius 2 is 2.12 bits per heavy atom. The van der Waals surface area contributed by atoms with Crippen molar-refractivity contribution in [2.45, 2.75) is 20.5 Å². The minimum absolute atomic E-state index is 0.182. The van der Waals surface area contributed by atoms with Crippen LogP contribution in [0.3, 0.4) is 0 Å². The van der Waals surface area contributed by atoms with E-state index in [9.17, 15) is 4.39 Å². The predicted octanol–water partition coefficient (Wildman–Crippen LogP) is 3.01. The lowest BCUT2D eigenvalue weighted by atomic mass is 10.2. The molecule has 0 aliphatic rings. The number of hydrogen-bond acceptors (Lipinski definition) is 3. The van der Waals surface area contributed by atoms with Gasteiger partial charge in [-0.1, -0.05) is 11.2 Å². The molecule has 3 nitrogen and oxygen atoms in total. The van der Waals surface area contributed by atoms with Gasteiger partial charge in [-0.2, -0.15) is 0 Å². The fourth-order valence-corrected chi connectivity index (χ4v) is 1.35. The Bertz CT molecular complexity index is 494. The van der Waals surface area contributed by atoms with E-state index in [0.29, 0.717) is 5.76 Å². The first-order chi connectivity index (χ1) is 7.65. The molecule has 0 atom stereocenters. The molecule has 1 aromatic carbocycles. The van der Waals surface area contributed by atoms with Gasteiger partial charge in [-0.25, -0.2) is 4.39 Å². The topological polar surface area (TPSA) is 35.3 Å². The molecule has 0 radical (unpaired) electrons. The van der Waals surface area contributed by atoms with Gasteiger partial charge in [0, 0.05) is 6.07 Å². The molecule has 16 heavy (non-hydrogen) atoms. The van der Waals surface area contributed by atoms with Gasteiger partial charge in [0.05, 0.1) is 5.69 Å². The van der Waals surface area contributed by atoms with Crippen molar-refractivity contribution in [1.82, 2.24) is 5.16 Å². The maximum Gasteiger partial charge on any atom is 0.174 e. The van der Waals surface area contributed by atoms with Crippen LogP contribution < -0.4 is 4.74 Å². The van der Waals surface area contributed by atoms with E-state index in [1.807, 2.05) is 13.8 Å². The number of halogens is 1. The van der Waals surface area contributed by atoms with E-state index < -0.39 is 0 Å². The van der Waals surface area contributed by atoms with Gasteiger partial charge in [-0.15, -0.1) is 0 Å². The van der Waals surface area contributed by atoms with Crippen LogP contribution in [0.1, 0.15) is 17.0 Å². The molecule has 0 fully saturated rings. The summed E-state index contributed by atoms with van der Waals surface area (Å²) in [5, 5.41) is 3.72. The molecule has 0 saturated carbocycles. The number of benzene rings is 1. The van der Waals surface area contributed by atoms with Crippen molar-refractivity contribution in [1.29, 1.82) is 0 Å². The minimum atomic E-state index is -0.373. The molecule has 0 bridgehead atoms. The Morgan fingerprint density at radius 3 is 2.81 bits per heavy atom. The molecule has 0 aliphatic carbocycles. The van der Waals surface area contributed by atoms with Crippen LogP contribution >= 0.6 is 0 Å². The van der Waals surface area contributed by atoms with Crippen LogP contribution in [0.25, 0.3) is 0 Å². The molecule has 0 unspecified atom stereocenters. The largest absolute Gasteiger partial charge is 0.482 e. The van der Waals surface area contributed by atoms with Gasteiger partial charge in [0.2, 0.25) is 0 Å². The summed E-state index contributed by atoms with van der Waals surface area (Å²) < 4.78 is 23.6. The lowest BCUT2D eigenvalue weighted by Gasteiger charge is -2.05. The van der Waals surface area contributed by atoms with Gasteiger partial charge in [0.15, 0.2) is 17.3 Å². The Kier molecular flexibility index (Phi) is 2.90. The number of aromatic nitrogens is 1. The van der Waals surface area contributed by atoms with Gasteiger partial charge < -0.3 is 9.26 Å². The fraction of sp³-hybridized carbons (Fsp3) is 0.250. The third-order valence-corrected chi connectivity index (χ3v) is 2.13. The Labute approximate surface area is 92.8 Å². The summed E-state index contributed by atoms with van der Waals surface area (Å²) in [5.74, 6) is 0.439. The lowest BCUT2D eigenvalue weighted by molar-refractivity contribution is 0.240. The van der Waals surface area contributed by atoms with Crippen molar-refractivity contribution in [3.8, 4) is 5.75 Å². The standard InChI is InChI=1S/C12H12FNO2/c1-8-3-4-11(13)12(5-8)15-7-10-6-9(2)14-16-10/h3-6H,7H2,1-2H3. The van der Waals surface area contributed by atoms with E-state index in [1.54, 1.807) is 18.2 Å². The second-order valence-corrected chi connectivity index (χ2v) is 3.66. The van der Waals surface area contributed by atoms with Gasteiger partial charge in [0.1, 0.15) is 6.61 Å². The number of aryl methyl sites for hydroxylation is 2. The van der Waals surface area contributed by atoms with Gasteiger partial charge in [-0.05, 0) is 31.5 Å². The number of rotatable bonds is 3. The molecule has 0 spiro atoms. The highest BCUT2D eigenvalue weighted by Crippen LogP contribution is 2.19. The van der Waals surface area contributed by atoms with Crippen molar-refractivity contribution in [2.24, 2.45) is 0 Å². The molecular weight excluding hydrogens is 209 g/mol. The second-order valence-electron chi connectivity index (χ2n) is 3.66. The summed E-state index contributed by atoms with van der Waals surface area (Å²) in [4.78, 5) is 0. The monoisotopic (exact) mass is 221 g/mol. The third-order valence-electron chi connectivity index (χ3n) is 2.13. The molecule has 1 aromatic heterocycles. The summed E-state index contributed by atoms with van der Waals surface area (Å²) in [7, 11) is 0. The zero-order valence-corrected chi connectivity index (χ0v) is 9.16. The number of ether oxygens (including phenoxy) is 1. The zero-order valence-electron chi connectivity index (χ0n) is 9.16. The van der Waals surface area contributed by atoms with Crippen LogP contribution in [-0.2, 0) is 6.61 Å². The van der Waals surface area contributed by atoms with Gasteiger partial charge in [0.25, 0.3) is 0 Å². The van der Waals surface area contributed by atoms with E-state index in [0.717, 1.165) is 11.3 Å². The van der Waals surface area contributed by atoms with Crippen LogP contribution in [-0.4, -0.2) is 5.16 Å². The molecular formula is C12H12FNO2. The van der Waals surface area contributed by atoms with Crippen molar-refractivity contribution < 1.29 is 13.7 Å². The molecule has 4 heteroatoms. The summed E-state index contributed by atoms with van der Waals surface area (Å²) in [6, 6.07) is 6.49. The lowest BCUT2D eigenvalue weighted by Crippen LogP contribution is -1.96. The van der Waals surface area contributed by atoms with Crippen LogP contribution in [0.15, 0.2) is 28.8 Å². The normalized spacial score (nSPS) is 10.4. The number of hydrogen-bond donors (Lipinski definition) is 0. The maximum absolute atomic E-state index is 13.3.